The van der Waals surface area contributed by atoms with Crippen molar-refractivity contribution < 1.29 is 0 Å². The van der Waals surface area contributed by atoms with Crippen molar-refractivity contribution in [2.24, 2.45) is 5.92 Å². The molecular weight excluding hydrogens is 120 g/mol. The van der Waals surface area contributed by atoms with Crippen LogP contribution < -0.4 is 0 Å². The average molecular weight is 140 g/mol. The van der Waals surface area contributed by atoms with Gasteiger partial charge >= 0.3 is 0 Å². The fourth-order valence-corrected chi connectivity index (χ4v) is 0.956. The molecule has 0 heteroatoms. The highest BCUT2D eigenvalue weighted by atomic mass is 14.0. The van der Waals surface area contributed by atoms with Crippen LogP contribution in [0.2, 0.25) is 0 Å². The van der Waals surface area contributed by atoms with E-state index in [9.17, 15) is 0 Å². The molecule has 0 aromatic rings. The van der Waals surface area contributed by atoms with Crippen LogP contribution in [0.4, 0.5) is 0 Å². The normalized spacial score (nSPS) is 13.1. The highest BCUT2D eigenvalue weighted by molar-refractivity contribution is 4.87. The predicted octanol–water partition coefficient (Wildman–Crippen LogP) is 3.78. The Labute approximate surface area is 65.3 Å². The van der Waals surface area contributed by atoms with Gasteiger partial charge in [-0.3, -0.25) is 0 Å². The predicted molar refractivity (Wildman–Crippen MR) is 48.1 cm³/mol. The van der Waals surface area contributed by atoms with E-state index in [2.05, 4.69) is 27.4 Å². The minimum atomic E-state index is 0.902. The molecule has 0 aromatic carbocycles. The van der Waals surface area contributed by atoms with Crippen molar-refractivity contribution in [3.05, 3.63) is 12.2 Å². The van der Waals surface area contributed by atoms with Gasteiger partial charge in [-0.2, -0.15) is 0 Å². The molecule has 0 aromatic heterocycles. The van der Waals surface area contributed by atoms with Crippen LogP contribution in [0.5, 0.6) is 0 Å². The summed E-state index contributed by atoms with van der Waals surface area (Å²) in [5.74, 6) is 0.902. The number of hydrogen-bond donors (Lipinski definition) is 0. The largest absolute Gasteiger partial charge is 0.100 e. The number of rotatable bonds is 5. The zero-order chi connectivity index (χ0) is 7.98. The molecule has 0 N–H and O–H groups in total. The lowest BCUT2D eigenvalue weighted by Crippen LogP contribution is -1.91. The molecule has 0 aliphatic carbocycles. The summed E-state index contributed by atoms with van der Waals surface area (Å²) < 4.78 is 0. The van der Waals surface area contributed by atoms with Gasteiger partial charge in [0.15, 0.2) is 0 Å². The van der Waals surface area contributed by atoms with Crippen LogP contribution >= 0.6 is 0 Å². The van der Waals surface area contributed by atoms with Crippen LogP contribution in [0, 0.1) is 5.92 Å². The van der Waals surface area contributed by atoms with Crippen molar-refractivity contribution in [3.63, 3.8) is 0 Å². The summed E-state index contributed by atoms with van der Waals surface area (Å²) in [4.78, 5) is 0. The van der Waals surface area contributed by atoms with Gasteiger partial charge in [-0.25, -0.2) is 0 Å². The second-order valence-electron chi connectivity index (χ2n) is 3.36. The summed E-state index contributed by atoms with van der Waals surface area (Å²) in [6.45, 7) is 10.6. The molecule has 0 bridgehead atoms. The van der Waals surface area contributed by atoms with Crippen LogP contribution in [-0.4, -0.2) is 0 Å². The molecule has 0 fully saturated rings. The Morgan fingerprint density at radius 1 is 1.50 bits per heavy atom. The van der Waals surface area contributed by atoms with E-state index in [1.54, 1.807) is 0 Å². The molecular formula is C10H20. The van der Waals surface area contributed by atoms with Gasteiger partial charge in [0.25, 0.3) is 0 Å². The second kappa shape index (κ2) is 5.52. The van der Waals surface area contributed by atoms with Gasteiger partial charge in [0, 0.05) is 0 Å². The summed E-state index contributed by atoms with van der Waals surface area (Å²) in [6, 6.07) is 0. The maximum absolute atomic E-state index is 3.88. The smallest absolute Gasteiger partial charge is 0.0326 e. The lowest BCUT2D eigenvalue weighted by molar-refractivity contribution is 0.495. The molecule has 60 valence electrons. The van der Waals surface area contributed by atoms with E-state index in [-0.39, 0.29) is 0 Å². The summed E-state index contributed by atoms with van der Waals surface area (Å²) >= 11 is 0. The minimum absolute atomic E-state index is 0.902. The van der Waals surface area contributed by atoms with Crippen molar-refractivity contribution in [2.45, 2.75) is 46.5 Å². The molecule has 0 rings (SSSR count). The summed E-state index contributed by atoms with van der Waals surface area (Å²) in [5.41, 5.74) is 1.32. The van der Waals surface area contributed by atoms with Gasteiger partial charge in [-0.1, -0.05) is 32.3 Å². The van der Waals surface area contributed by atoms with Crippen LogP contribution in [0.1, 0.15) is 46.5 Å². The highest BCUT2D eigenvalue weighted by Gasteiger charge is 1.97. The van der Waals surface area contributed by atoms with Gasteiger partial charge in [-0.05, 0) is 25.7 Å². The summed E-state index contributed by atoms with van der Waals surface area (Å²) in [7, 11) is 0. The Morgan fingerprint density at radius 2 is 2.10 bits per heavy atom. The molecule has 10 heavy (non-hydrogen) atoms. The van der Waals surface area contributed by atoms with Crippen molar-refractivity contribution in [3.8, 4) is 0 Å². The van der Waals surface area contributed by atoms with E-state index < -0.39 is 0 Å². The Morgan fingerprint density at radius 3 is 2.50 bits per heavy atom. The van der Waals surface area contributed by atoms with E-state index in [0.717, 1.165) is 5.92 Å². The zero-order valence-electron chi connectivity index (χ0n) is 7.61. The summed E-state index contributed by atoms with van der Waals surface area (Å²) in [5, 5.41) is 0. The molecule has 0 nitrogen and oxygen atoms in total. The maximum atomic E-state index is 3.88. The molecule has 0 saturated carbocycles. The van der Waals surface area contributed by atoms with Gasteiger partial charge in [0.05, 0.1) is 0 Å². The second-order valence-corrected chi connectivity index (χ2v) is 3.36. The molecule has 0 saturated heterocycles. The molecule has 0 aliphatic rings. The number of hydrogen-bond acceptors (Lipinski definition) is 0. The lowest BCUT2D eigenvalue weighted by Gasteiger charge is -2.06. The third-order valence-electron chi connectivity index (χ3n) is 2.00. The van der Waals surface area contributed by atoms with Crippen molar-refractivity contribution >= 4 is 0 Å². The molecule has 0 amide bonds. The van der Waals surface area contributed by atoms with Gasteiger partial charge < -0.3 is 0 Å². The first-order chi connectivity index (χ1) is 4.66. The van der Waals surface area contributed by atoms with Crippen LogP contribution in [0.3, 0.4) is 0 Å². The van der Waals surface area contributed by atoms with Crippen molar-refractivity contribution in [2.75, 3.05) is 0 Å². The third-order valence-corrected chi connectivity index (χ3v) is 2.00. The van der Waals surface area contributed by atoms with Crippen LogP contribution in [0.15, 0.2) is 12.2 Å². The maximum Gasteiger partial charge on any atom is -0.0326 e. The average Bonchev–Trinajstić information content (AvgIpc) is 1.87. The van der Waals surface area contributed by atoms with E-state index >= 15 is 0 Å². The molecule has 0 aliphatic heterocycles. The fourth-order valence-electron chi connectivity index (χ4n) is 0.956. The lowest BCUT2D eigenvalue weighted by atomic mass is 10.0. The first-order valence-corrected chi connectivity index (χ1v) is 4.31. The Balaban J connectivity index is 3.11. The highest BCUT2D eigenvalue weighted by Crippen LogP contribution is 2.13. The Hall–Kier alpha value is -0.260. The first kappa shape index (κ1) is 9.74. The SMILES string of the molecule is C=C(C)CCC[C@H](C)CC. The van der Waals surface area contributed by atoms with Crippen molar-refractivity contribution in [1.82, 2.24) is 0 Å². The molecule has 0 unspecified atom stereocenters. The Bertz CT molecular complexity index is 92.2. The van der Waals surface area contributed by atoms with Crippen molar-refractivity contribution in [1.29, 1.82) is 0 Å². The fraction of sp³-hybridized carbons (Fsp3) is 0.800. The van der Waals surface area contributed by atoms with Gasteiger partial charge in [-0.15, -0.1) is 6.58 Å². The molecule has 1 atom stereocenters. The van der Waals surface area contributed by atoms with E-state index in [0.29, 0.717) is 0 Å². The minimum Gasteiger partial charge on any atom is -0.100 e. The van der Waals surface area contributed by atoms with Crippen LogP contribution in [-0.2, 0) is 0 Å². The molecule has 0 spiro atoms. The van der Waals surface area contributed by atoms with E-state index in [1.807, 2.05) is 0 Å². The Kier molecular flexibility index (Phi) is 5.38. The van der Waals surface area contributed by atoms with Gasteiger partial charge in [0.1, 0.15) is 0 Å². The standard InChI is InChI=1S/C10H20/c1-5-10(4)8-6-7-9(2)3/h10H,2,5-8H2,1,3-4H3/t10-/m1/s1. The monoisotopic (exact) mass is 140 g/mol. The first-order valence-electron chi connectivity index (χ1n) is 4.31. The van der Waals surface area contributed by atoms with Gasteiger partial charge in [0.2, 0.25) is 0 Å². The topological polar surface area (TPSA) is 0 Å². The van der Waals surface area contributed by atoms with E-state index in [4.69, 9.17) is 0 Å². The van der Waals surface area contributed by atoms with Crippen LogP contribution in [0.25, 0.3) is 0 Å². The molecule has 0 heterocycles. The quantitative estimate of drug-likeness (QED) is 0.510. The van der Waals surface area contributed by atoms with E-state index in [1.165, 1.54) is 31.3 Å². The third kappa shape index (κ3) is 5.87. The zero-order valence-corrected chi connectivity index (χ0v) is 7.61. The summed E-state index contributed by atoms with van der Waals surface area (Å²) in [6.07, 6.45) is 5.22. The molecule has 0 radical (unpaired) electrons. The number of allylic oxidation sites excluding steroid dienone is 1.